The lowest BCUT2D eigenvalue weighted by molar-refractivity contribution is -0.127. The van der Waals surface area contributed by atoms with Crippen LogP contribution >= 0.6 is 0 Å². The second kappa shape index (κ2) is 10.3. The van der Waals surface area contributed by atoms with Gasteiger partial charge in [-0.3, -0.25) is 19.2 Å². The molecule has 3 atom stereocenters. The van der Waals surface area contributed by atoms with Crippen molar-refractivity contribution in [2.24, 2.45) is 23.5 Å². The minimum Gasteiger partial charge on any atom is -0.511 e. The normalized spacial score (nSPS) is 22.8. The molecule has 198 valence electrons. The smallest absolute Gasteiger partial charge is 0.255 e. The summed E-state index contributed by atoms with van der Waals surface area (Å²) < 4.78 is 0. The molecule has 1 aromatic rings. The van der Waals surface area contributed by atoms with E-state index in [0.717, 1.165) is 12.8 Å². The van der Waals surface area contributed by atoms with Gasteiger partial charge in [-0.2, -0.15) is 0 Å². The van der Waals surface area contributed by atoms with E-state index in [1.165, 1.54) is 0 Å². The number of unbranched alkanes of at least 4 members (excludes halogenated alkanes) is 1. The maximum Gasteiger partial charge on any atom is 0.255 e. The maximum atomic E-state index is 13.5. The topological polar surface area (TPSA) is 191 Å². The van der Waals surface area contributed by atoms with Crippen LogP contribution in [0.4, 0.5) is 11.4 Å². The van der Waals surface area contributed by atoms with Crippen molar-refractivity contribution in [1.82, 2.24) is 5.32 Å². The second-order valence-electron chi connectivity index (χ2n) is 9.76. The third kappa shape index (κ3) is 4.55. The Morgan fingerprint density at radius 2 is 1.86 bits per heavy atom. The van der Waals surface area contributed by atoms with E-state index in [1.54, 1.807) is 13.1 Å². The molecular formula is C26H32N4O7. The summed E-state index contributed by atoms with van der Waals surface area (Å²) in [7, 11) is 1.66. The molecule has 0 radical (unpaired) electrons. The number of aliphatic hydroxyl groups excluding tert-OH is 2. The Kier molecular flexibility index (Phi) is 7.26. The number of hydrogen-bond acceptors (Lipinski definition) is 9. The Bertz CT molecular complexity index is 1250. The molecule has 0 bridgehead atoms. The summed E-state index contributed by atoms with van der Waals surface area (Å²) in [5.74, 6) is -6.41. The van der Waals surface area contributed by atoms with Crippen LogP contribution in [-0.4, -0.2) is 58.8 Å². The average Bonchev–Trinajstić information content (AvgIpc) is 2.82. The zero-order valence-corrected chi connectivity index (χ0v) is 20.8. The minimum absolute atomic E-state index is 0.0144. The second-order valence-corrected chi connectivity index (χ2v) is 9.76. The number of phenols is 1. The molecular weight excluding hydrogens is 480 g/mol. The van der Waals surface area contributed by atoms with E-state index in [9.17, 15) is 34.5 Å². The Balaban J connectivity index is 1.73. The Morgan fingerprint density at radius 3 is 2.51 bits per heavy atom. The molecule has 1 aromatic carbocycles. The number of phenolic OH excluding ortho intramolecular Hbond substituents is 1. The molecule has 0 spiro atoms. The van der Waals surface area contributed by atoms with E-state index in [4.69, 9.17) is 5.73 Å². The first-order valence-corrected chi connectivity index (χ1v) is 12.4. The number of carbonyl (C=O) groups excluding carboxylic acids is 4. The number of benzene rings is 1. The highest BCUT2D eigenvalue weighted by atomic mass is 16.3. The van der Waals surface area contributed by atoms with Crippen molar-refractivity contribution in [1.29, 1.82) is 0 Å². The lowest BCUT2D eigenvalue weighted by Crippen LogP contribution is -2.44. The highest BCUT2D eigenvalue weighted by molar-refractivity contribution is 6.21. The molecule has 37 heavy (non-hydrogen) atoms. The highest BCUT2D eigenvalue weighted by Crippen LogP contribution is 2.52. The predicted octanol–water partition coefficient (Wildman–Crippen LogP) is 1.68. The fourth-order valence-electron chi connectivity index (χ4n) is 5.73. The molecule has 0 aromatic heterocycles. The number of amides is 2. The average molecular weight is 513 g/mol. The molecule has 1 saturated carbocycles. The number of fused-ring (bicyclic) bond motifs is 3. The summed E-state index contributed by atoms with van der Waals surface area (Å²) >= 11 is 0. The summed E-state index contributed by atoms with van der Waals surface area (Å²) in [4.78, 5) is 50.1. The van der Waals surface area contributed by atoms with E-state index in [1.807, 2.05) is 6.92 Å². The predicted molar refractivity (Wildman–Crippen MR) is 136 cm³/mol. The van der Waals surface area contributed by atoms with Gasteiger partial charge in [-0.25, -0.2) is 0 Å². The lowest BCUT2D eigenvalue weighted by Gasteiger charge is -2.41. The van der Waals surface area contributed by atoms with Gasteiger partial charge in [-0.15, -0.1) is 0 Å². The highest BCUT2D eigenvalue weighted by Gasteiger charge is 2.51. The molecule has 2 amide bonds. The fraction of sp³-hybridized carbons (Fsp3) is 0.462. The van der Waals surface area contributed by atoms with Crippen LogP contribution < -0.4 is 21.7 Å². The first kappa shape index (κ1) is 26.2. The number of aromatic hydroxyl groups is 1. The molecule has 11 heteroatoms. The van der Waals surface area contributed by atoms with Gasteiger partial charge in [-0.1, -0.05) is 13.3 Å². The van der Waals surface area contributed by atoms with Crippen LogP contribution in [0.1, 0.15) is 43.7 Å². The van der Waals surface area contributed by atoms with Crippen LogP contribution in [0.15, 0.2) is 23.0 Å². The quantitative estimate of drug-likeness (QED) is 0.117. The van der Waals surface area contributed by atoms with Crippen LogP contribution in [0.2, 0.25) is 0 Å². The Labute approximate surface area is 213 Å². The van der Waals surface area contributed by atoms with Crippen LogP contribution in [-0.2, 0) is 25.6 Å². The number of rotatable bonds is 8. The molecule has 0 aliphatic heterocycles. The van der Waals surface area contributed by atoms with Gasteiger partial charge in [0.05, 0.1) is 23.7 Å². The third-order valence-electron chi connectivity index (χ3n) is 7.42. The number of hydrogen-bond donors (Lipinski definition) is 7. The van der Waals surface area contributed by atoms with Gasteiger partial charge in [0, 0.05) is 24.7 Å². The van der Waals surface area contributed by atoms with E-state index in [0.29, 0.717) is 24.2 Å². The van der Waals surface area contributed by atoms with Crippen molar-refractivity contribution >= 4 is 40.5 Å². The summed E-state index contributed by atoms with van der Waals surface area (Å²) in [5.41, 5.74) is 5.90. The molecule has 3 aliphatic carbocycles. The minimum atomic E-state index is -1.18. The van der Waals surface area contributed by atoms with Crippen molar-refractivity contribution in [3.63, 3.8) is 0 Å². The van der Waals surface area contributed by atoms with E-state index < -0.39 is 52.3 Å². The number of nitrogens with one attached hydrogen (secondary N) is 3. The first-order valence-electron chi connectivity index (χ1n) is 12.4. The number of anilines is 2. The molecule has 2 unspecified atom stereocenters. The van der Waals surface area contributed by atoms with Crippen molar-refractivity contribution in [3.8, 4) is 5.75 Å². The molecule has 4 rings (SSSR count). The Hall–Kier alpha value is -3.86. The van der Waals surface area contributed by atoms with Crippen molar-refractivity contribution in [3.05, 3.63) is 34.1 Å². The largest absolute Gasteiger partial charge is 0.511 e. The van der Waals surface area contributed by atoms with Gasteiger partial charge < -0.3 is 37.0 Å². The number of allylic oxidation sites excluding steroid dienone is 2. The molecule has 3 aliphatic rings. The monoisotopic (exact) mass is 512 g/mol. The fourth-order valence-corrected chi connectivity index (χ4v) is 5.73. The number of nitrogens with two attached hydrogens (primary N) is 1. The standard InChI is InChI=1S/C26H32N4O7/c1-3-4-5-29-10-17(32)30-15-9-14(28-2)13-7-11-6-12-8-16(31)21(26(27)37)25(36)19(12)23(34)18(11)24(35)20(13)22(15)33/h9,11-12,19,28-29,33,35-36H,3-8,10H2,1-2H3,(H2,27,37)(H,30,32)/t11-,12?,19?/m1/s1. The third-order valence-corrected chi connectivity index (χ3v) is 7.42. The SMILES string of the molecule is CCCCNCC(=O)Nc1cc(NC)c2c(c1O)C(O)=C1C(=O)C3C(O)=C(C(N)=O)C(=O)CC3C[C@@H]1C2. The zero-order valence-electron chi connectivity index (χ0n) is 20.8. The van der Waals surface area contributed by atoms with Crippen molar-refractivity contribution < 1.29 is 34.5 Å². The number of primary amides is 1. The number of ketones is 2. The van der Waals surface area contributed by atoms with Gasteiger partial charge in [0.1, 0.15) is 22.8 Å². The van der Waals surface area contributed by atoms with E-state index in [-0.39, 0.29) is 47.9 Å². The van der Waals surface area contributed by atoms with Crippen LogP contribution in [0.3, 0.4) is 0 Å². The van der Waals surface area contributed by atoms with E-state index in [2.05, 4.69) is 16.0 Å². The summed E-state index contributed by atoms with van der Waals surface area (Å²) in [6, 6.07) is 1.57. The van der Waals surface area contributed by atoms with Crippen LogP contribution in [0.25, 0.3) is 5.76 Å². The van der Waals surface area contributed by atoms with Crippen molar-refractivity contribution in [2.75, 3.05) is 30.8 Å². The molecule has 0 saturated heterocycles. The first-order chi connectivity index (χ1) is 17.6. The number of aliphatic hydroxyl groups is 2. The van der Waals surface area contributed by atoms with Gasteiger partial charge in [0.15, 0.2) is 11.6 Å². The van der Waals surface area contributed by atoms with Crippen LogP contribution in [0.5, 0.6) is 5.75 Å². The summed E-state index contributed by atoms with van der Waals surface area (Å²) in [5, 5.41) is 41.7. The molecule has 8 N–H and O–H groups in total. The zero-order chi connectivity index (χ0) is 27.0. The van der Waals surface area contributed by atoms with Gasteiger partial charge in [0.25, 0.3) is 5.91 Å². The molecule has 0 heterocycles. The van der Waals surface area contributed by atoms with Crippen LogP contribution in [0, 0.1) is 17.8 Å². The van der Waals surface area contributed by atoms with Gasteiger partial charge in [-0.05, 0) is 49.3 Å². The molecule has 11 nitrogen and oxygen atoms in total. The maximum absolute atomic E-state index is 13.5. The summed E-state index contributed by atoms with van der Waals surface area (Å²) in [6.45, 7) is 2.75. The number of carbonyl (C=O) groups is 4. The van der Waals surface area contributed by atoms with Crippen molar-refractivity contribution in [2.45, 2.75) is 39.0 Å². The molecule has 1 fully saturated rings. The van der Waals surface area contributed by atoms with Gasteiger partial charge in [0.2, 0.25) is 5.91 Å². The summed E-state index contributed by atoms with van der Waals surface area (Å²) in [6.07, 6.45) is 2.37. The van der Waals surface area contributed by atoms with Gasteiger partial charge >= 0.3 is 0 Å². The Morgan fingerprint density at radius 1 is 1.14 bits per heavy atom. The number of Topliss-reactive ketones (excluding diaryl/α,β-unsaturated/α-hetero) is 2. The lowest BCUT2D eigenvalue weighted by atomic mass is 9.61. The van der Waals surface area contributed by atoms with E-state index >= 15 is 0 Å².